The quantitative estimate of drug-likeness (QED) is 0.803. The van der Waals surface area contributed by atoms with Crippen LogP contribution in [0.1, 0.15) is 38.2 Å². The van der Waals surface area contributed by atoms with Crippen LogP contribution >= 0.6 is 11.3 Å². The van der Waals surface area contributed by atoms with Gasteiger partial charge in [-0.25, -0.2) is 4.98 Å². The maximum absolute atomic E-state index is 10.8. The summed E-state index contributed by atoms with van der Waals surface area (Å²) in [7, 11) is 0. The summed E-state index contributed by atoms with van der Waals surface area (Å²) in [4.78, 5) is 15.1. The minimum Gasteiger partial charge on any atom is -0.481 e. The van der Waals surface area contributed by atoms with Crippen molar-refractivity contribution in [2.75, 3.05) is 0 Å². The van der Waals surface area contributed by atoms with Crippen molar-refractivity contribution in [3.05, 3.63) is 16.6 Å². The normalized spacial score (nSPS) is 16.7. The predicted molar refractivity (Wildman–Crippen MR) is 64.5 cm³/mol. The molecule has 16 heavy (non-hydrogen) atoms. The molecule has 2 N–H and O–H groups in total. The number of thiazole rings is 1. The minimum atomic E-state index is -0.769. The van der Waals surface area contributed by atoms with E-state index in [1.54, 1.807) is 24.5 Å². The molecule has 0 aliphatic rings. The molecule has 0 spiro atoms. The zero-order valence-corrected chi connectivity index (χ0v) is 10.6. The molecule has 0 aliphatic carbocycles. The van der Waals surface area contributed by atoms with E-state index in [1.807, 2.05) is 12.3 Å². The third kappa shape index (κ3) is 3.28. The zero-order chi connectivity index (χ0) is 12.1. The molecule has 0 saturated carbocycles. The average Bonchev–Trinajstić information content (AvgIpc) is 2.77. The lowest BCUT2D eigenvalue weighted by molar-refractivity contribution is -0.142. The molecule has 0 amide bonds. The van der Waals surface area contributed by atoms with Gasteiger partial charge in [0.05, 0.1) is 12.0 Å². The first-order valence-electron chi connectivity index (χ1n) is 5.44. The predicted octanol–water partition coefficient (Wildman–Crippen LogP) is 2.29. The van der Waals surface area contributed by atoms with Crippen LogP contribution in [0.3, 0.4) is 0 Å². The van der Waals surface area contributed by atoms with Crippen molar-refractivity contribution in [1.29, 1.82) is 0 Å². The molecule has 0 aromatic carbocycles. The molecule has 5 heteroatoms. The van der Waals surface area contributed by atoms with E-state index >= 15 is 0 Å². The summed E-state index contributed by atoms with van der Waals surface area (Å²) in [5.41, 5.74) is 0. The van der Waals surface area contributed by atoms with Gasteiger partial charge in [-0.05, 0) is 13.3 Å². The lowest BCUT2D eigenvalue weighted by atomic mass is 10.0. The first-order valence-corrected chi connectivity index (χ1v) is 6.32. The largest absolute Gasteiger partial charge is 0.481 e. The Morgan fingerprint density at radius 1 is 1.62 bits per heavy atom. The lowest BCUT2D eigenvalue weighted by Gasteiger charge is -2.23. The number of carboxylic acid groups (broad SMARTS) is 1. The van der Waals surface area contributed by atoms with E-state index < -0.39 is 11.9 Å². The lowest BCUT2D eigenvalue weighted by Crippen LogP contribution is -2.38. The molecule has 0 fully saturated rings. The monoisotopic (exact) mass is 242 g/mol. The third-order valence-corrected chi connectivity index (χ3v) is 3.65. The number of nitrogens with zero attached hydrogens (tertiary/aromatic N) is 1. The van der Waals surface area contributed by atoms with Crippen LogP contribution in [-0.4, -0.2) is 22.1 Å². The molecule has 3 unspecified atom stereocenters. The number of carboxylic acids is 1. The highest BCUT2D eigenvalue weighted by atomic mass is 32.1. The molecule has 0 radical (unpaired) electrons. The highest BCUT2D eigenvalue weighted by molar-refractivity contribution is 7.09. The second-order valence-electron chi connectivity index (χ2n) is 3.91. The van der Waals surface area contributed by atoms with Gasteiger partial charge in [0, 0.05) is 17.6 Å². The summed E-state index contributed by atoms with van der Waals surface area (Å²) < 4.78 is 0. The van der Waals surface area contributed by atoms with Gasteiger partial charge in [0.2, 0.25) is 0 Å². The van der Waals surface area contributed by atoms with Crippen LogP contribution in [0.5, 0.6) is 0 Å². The number of aromatic nitrogens is 1. The molecule has 0 saturated heterocycles. The Morgan fingerprint density at radius 3 is 2.75 bits per heavy atom. The van der Waals surface area contributed by atoms with Crippen LogP contribution in [0, 0.1) is 5.92 Å². The Kier molecular flexibility index (Phi) is 4.89. The van der Waals surface area contributed by atoms with Crippen molar-refractivity contribution >= 4 is 17.3 Å². The Labute approximate surface area is 99.7 Å². The molecule has 0 bridgehead atoms. The first kappa shape index (κ1) is 13.1. The minimum absolute atomic E-state index is 0.0636. The maximum Gasteiger partial charge on any atom is 0.307 e. The van der Waals surface area contributed by atoms with Crippen molar-refractivity contribution < 1.29 is 9.90 Å². The Bertz CT molecular complexity index is 327. The van der Waals surface area contributed by atoms with E-state index in [2.05, 4.69) is 17.2 Å². The van der Waals surface area contributed by atoms with Crippen LogP contribution in [0.4, 0.5) is 0 Å². The second-order valence-corrected chi connectivity index (χ2v) is 4.84. The summed E-state index contributed by atoms with van der Waals surface area (Å²) in [6, 6.07) is 0.0862. The number of rotatable bonds is 6. The SMILES string of the molecule is CCC(NC(C)C(C)C(=O)O)c1nccs1. The molecule has 1 aromatic heterocycles. The summed E-state index contributed by atoms with van der Waals surface area (Å²) in [6.45, 7) is 5.68. The van der Waals surface area contributed by atoms with Crippen molar-refractivity contribution in [2.24, 2.45) is 5.92 Å². The van der Waals surface area contributed by atoms with Crippen LogP contribution in [0.25, 0.3) is 0 Å². The maximum atomic E-state index is 10.8. The Morgan fingerprint density at radius 2 is 2.31 bits per heavy atom. The van der Waals surface area contributed by atoms with Crippen molar-refractivity contribution in [2.45, 2.75) is 39.3 Å². The highest BCUT2D eigenvalue weighted by Gasteiger charge is 2.22. The van der Waals surface area contributed by atoms with Crippen LogP contribution in [-0.2, 0) is 4.79 Å². The van der Waals surface area contributed by atoms with Gasteiger partial charge in [-0.3, -0.25) is 4.79 Å². The molecule has 90 valence electrons. The number of carbonyl (C=O) groups is 1. The standard InChI is InChI=1S/C11H18N2O2S/c1-4-9(10-12-5-6-16-10)13-8(3)7(2)11(14)15/h5-9,13H,4H2,1-3H3,(H,14,15). The molecular weight excluding hydrogens is 224 g/mol. The van der Waals surface area contributed by atoms with E-state index in [4.69, 9.17) is 5.11 Å². The molecule has 1 heterocycles. The zero-order valence-electron chi connectivity index (χ0n) is 9.80. The first-order chi connectivity index (χ1) is 7.56. The van der Waals surface area contributed by atoms with Gasteiger partial charge in [-0.1, -0.05) is 13.8 Å². The van der Waals surface area contributed by atoms with E-state index in [1.165, 1.54) is 0 Å². The summed E-state index contributed by atoms with van der Waals surface area (Å²) in [5.74, 6) is -1.16. The van der Waals surface area contributed by atoms with Crippen molar-refractivity contribution in [3.8, 4) is 0 Å². The fraction of sp³-hybridized carbons (Fsp3) is 0.636. The molecule has 0 aliphatic heterocycles. The van der Waals surface area contributed by atoms with Gasteiger partial charge in [0.15, 0.2) is 0 Å². The summed E-state index contributed by atoms with van der Waals surface area (Å²) in [6.07, 6.45) is 2.68. The van der Waals surface area contributed by atoms with Crippen LogP contribution in [0.15, 0.2) is 11.6 Å². The van der Waals surface area contributed by atoms with E-state index in [9.17, 15) is 4.79 Å². The Balaban J connectivity index is 2.60. The number of hydrogen-bond acceptors (Lipinski definition) is 4. The van der Waals surface area contributed by atoms with E-state index in [0.717, 1.165) is 11.4 Å². The number of aliphatic carboxylic acids is 1. The van der Waals surface area contributed by atoms with E-state index in [0.29, 0.717) is 0 Å². The van der Waals surface area contributed by atoms with Gasteiger partial charge < -0.3 is 10.4 Å². The average molecular weight is 242 g/mol. The molecule has 1 rings (SSSR count). The van der Waals surface area contributed by atoms with Crippen LogP contribution in [0.2, 0.25) is 0 Å². The van der Waals surface area contributed by atoms with Gasteiger partial charge >= 0.3 is 5.97 Å². The van der Waals surface area contributed by atoms with Gasteiger partial charge in [0.25, 0.3) is 0 Å². The van der Waals surface area contributed by atoms with Gasteiger partial charge in [-0.2, -0.15) is 0 Å². The second kappa shape index (κ2) is 5.96. The molecule has 3 atom stereocenters. The number of nitrogens with one attached hydrogen (secondary N) is 1. The Hall–Kier alpha value is -0.940. The topological polar surface area (TPSA) is 62.2 Å². The van der Waals surface area contributed by atoms with Gasteiger partial charge in [0.1, 0.15) is 5.01 Å². The molecule has 1 aromatic rings. The molecule has 4 nitrogen and oxygen atoms in total. The van der Waals surface area contributed by atoms with Crippen molar-refractivity contribution in [3.63, 3.8) is 0 Å². The van der Waals surface area contributed by atoms with Crippen LogP contribution < -0.4 is 5.32 Å². The van der Waals surface area contributed by atoms with Gasteiger partial charge in [-0.15, -0.1) is 11.3 Å². The summed E-state index contributed by atoms with van der Waals surface area (Å²) >= 11 is 1.60. The van der Waals surface area contributed by atoms with Crippen molar-refractivity contribution in [1.82, 2.24) is 10.3 Å². The number of hydrogen-bond donors (Lipinski definition) is 2. The third-order valence-electron chi connectivity index (χ3n) is 2.76. The fourth-order valence-corrected chi connectivity index (χ4v) is 2.23. The van der Waals surface area contributed by atoms with E-state index in [-0.39, 0.29) is 12.1 Å². The summed E-state index contributed by atoms with van der Waals surface area (Å²) in [5, 5.41) is 15.2. The molecular formula is C11H18N2O2S. The smallest absolute Gasteiger partial charge is 0.307 e. The fourth-order valence-electron chi connectivity index (χ4n) is 1.45. The highest BCUT2D eigenvalue weighted by Crippen LogP contribution is 2.20.